The molecule has 0 radical (unpaired) electrons. The molecule has 4 N–H and O–H groups in total. The second kappa shape index (κ2) is 5.31. The molecule has 8 heteroatoms. The first-order valence-corrected chi connectivity index (χ1v) is 6.62. The number of para-hydroxylation sites is 2. The third-order valence-corrected chi connectivity index (χ3v) is 3.22. The van der Waals surface area contributed by atoms with Gasteiger partial charge in [0.25, 0.3) is 5.56 Å². The molecule has 108 valence electrons. The molecule has 0 unspecified atom stereocenters. The summed E-state index contributed by atoms with van der Waals surface area (Å²) in [4.78, 5) is 23.9. The highest BCUT2D eigenvalue weighted by atomic mass is 32.1. The van der Waals surface area contributed by atoms with Gasteiger partial charge in [-0.1, -0.05) is 12.1 Å². The Balaban J connectivity index is 2.18. The fraction of sp³-hybridized carbons (Fsp3) is 0. The maximum Gasteiger partial charge on any atom is 0.262 e. The molecule has 7 nitrogen and oxygen atoms in total. The molecule has 0 saturated heterocycles. The van der Waals surface area contributed by atoms with Crippen molar-refractivity contribution in [2.45, 2.75) is 0 Å². The van der Waals surface area contributed by atoms with Crippen molar-refractivity contribution >= 4 is 34.9 Å². The molecule has 0 spiro atoms. The van der Waals surface area contributed by atoms with Crippen molar-refractivity contribution < 1.29 is 5.11 Å². The molecule has 22 heavy (non-hydrogen) atoms. The van der Waals surface area contributed by atoms with E-state index in [2.05, 4.69) is 19.9 Å². The number of aromatic nitrogens is 4. The van der Waals surface area contributed by atoms with Crippen molar-refractivity contribution in [3.8, 4) is 11.9 Å². The molecule has 0 aliphatic heterocycles. The van der Waals surface area contributed by atoms with Crippen molar-refractivity contribution in [3.63, 3.8) is 0 Å². The molecular weight excluding hydrogens is 302 g/mol. The van der Waals surface area contributed by atoms with Crippen LogP contribution in [0.2, 0.25) is 0 Å². The van der Waals surface area contributed by atoms with E-state index < -0.39 is 11.4 Å². The minimum absolute atomic E-state index is 0.00175. The number of rotatable bonds is 2. The van der Waals surface area contributed by atoms with Crippen molar-refractivity contribution in [3.05, 3.63) is 50.8 Å². The quantitative estimate of drug-likeness (QED) is 0.426. The first-order chi connectivity index (χ1) is 10.6. The predicted octanol–water partition coefficient (Wildman–Crippen LogP) is 2.08. The molecule has 3 aromatic rings. The van der Waals surface area contributed by atoms with Gasteiger partial charge in [-0.15, -0.1) is 0 Å². The lowest BCUT2D eigenvalue weighted by Crippen LogP contribution is -2.11. The zero-order valence-electron chi connectivity index (χ0n) is 11.0. The number of hydrogen-bond donors (Lipinski definition) is 4. The number of allylic oxidation sites excluding steroid dienone is 1. The number of nitrogens with zero attached hydrogens (tertiary/aromatic N) is 2. The molecule has 0 aliphatic carbocycles. The third kappa shape index (κ3) is 2.41. The van der Waals surface area contributed by atoms with Crippen LogP contribution in [0.5, 0.6) is 5.88 Å². The zero-order valence-corrected chi connectivity index (χ0v) is 11.9. The summed E-state index contributed by atoms with van der Waals surface area (Å²) in [5, 5.41) is 19.1. The summed E-state index contributed by atoms with van der Waals surface area (Å²) in [6.07, 6.45) is 1.25. The van der Waals surface area contributed by atoms with E-state index in [4.69, 9.17) is 12.2 Å². The summed E-state index contributed by atoms with van der Waals surface area (Å²) in [5.74, 6) is -0.0949. The molecule has 0 aliphatic rings. The lowest BCUT2D eigenvalue weighted by atomic mass is 10.2. The molecule has 0 atom stereocenters. The van der Waals surface area contributed by atoms with Crippen molar-refractivity contribution in [1.29, 1.82) is 5.26 Å². The van der Waals surface area contributed by atoms with Gasteiger partial charge in [0.1, 0.15) is 17.5 Å². The Kier molecular flexibility index (Phi) is 3.33. The number of nitrogens with one attached hydrogen (secondary N) is 3. The van der Waals surface area contributed by atoms with Crippen LogP contribution in [0.25, 0.3) is 22.7 Å². The molecular formula is C14H9N5O2S. The molecule has 2 aromatic heterocycles. The maximum atomic E-state index is 11.8. The highest BCUT2D eigenvalue weighted by Crippen LogP contribution is 2.20. The van der Waals surface area contributed by atoms with E-state index >= 15 is 0 Å². The zero-order chi connectivity index (χ0) is 15.7. The first-order valence-electron chi connectivity index (χ1n) is 6.21. The second-order valence-electron chi connectivity index (χ2n) is 4.44. The van der Waals surface area contributed by atoms with Crippen molar-refractivity contribution in [2.75, 3.05) is 0 Å². The van der Waals surface area contributed by atoms with E-state index in [1.165, 1.54) is 6.08 Å². The van der Waals surface area contributed by atoms with Crippen LogP contribution in [-0.4, -0.2) is 25.0 Å². The molecule has 0 amide bonds. The summed E-state index contributed by atoms with van der Waals surface area (Å²) in [6, 6.07) is 9.26. The summed E-state index contributed by atoms with van der Waals surface area (Å²) in [5.41, 5.74) is 0.895. The SMILES string of the molecule is N#C/C(=C\c1c(O)[nH]c(=S)[nH]c1=O)c1nc2ccccc2[nH]1. The monoisotopic (exact) mass is 311 g/mol. The number of hydrogen-bond acceptors (Lipinski definition) is 5. The van der Waals surface area contributed by atoms with Crippen LogP contribution in [0.1, 0.15) is 11.4 Å². The third-order valence-electron chi connectivity index (χ3n) is 3.01. The highest BCUT2D eigenvalue weighted by molar-refractivity contribution is 7.71. The van der Waals surface area contributed by atoms with Crippen LogP contribution in [0.4, 0.5) is 0 Å². The molecule has 1 aromatic carbocycles. The van der Waals surface area contributed by atoms with Gasteiger partial charge < -0.3 is 15.1 Å². The van der Waals surface area contributed by atoms with Gasteiger partial charge in [-0.05, 0) is 30.4 Å². The molecule has 2 heterocycles. The predicted molar refractivity (Wildman–Crippen MR) is 83.5 cm³/mol. The van der Waals surface area contributed by atoms with Gasteiger partial charge in [0, 0.05) is 0 Å². The summed E-state index contributed by atoms with van der Waals surface area (Å²) >= 11 is 4.75. The topological polar surface area (TPSA) is 121 Å². The van der Waals surface area contributed by atoms with Crippen LogP contribution < -0.4 is 5.56 Å². The van der Waals surface area contributed by atoms with Gasteiger partial charge in [-0.3, -0.25) is 9.78 Å². The first kappa shape index (κ1) is 13.8. The van der Waals surface area contributed by atoms with E-state index in [0.29, 0.717) is 11.3 Å². The van der Waals surface area contributed by atoms with Crippen molar-refractivity contribution in [2.24, 2.45) is 0 Å². The molecule has 0 bridgehead atoms. The maximum absolute atomic E-state index is 11.8. The minimum Gasteiger partial charge on any atom is -0.494 e. The normalized spacial score (nSPS) is 11.5. The molecule has 0 saturated carbocycles. The van der Waals surface area contributed by atoms with E-state index in [0.717, 1.165) is 5.52 Å². The van der Waals surface area contributed by atoms with Crippen LogP contribution in [0.15, 0.2) is 29.1 Å². The van der Waals surface area contributed by atoms with Crippen LogP contribution in [0, 0.1) is 16.1 Å². The number of aromatic hydroxyl groups is 1. The lowest BCUT2D eigenvalue weighted by molar-refractivity contribution is 0.448. The number of nitriles is 1. The standard InChI is InChI=1S/C14H9N5O2S/c15-6-7(5-8-12(20)18-14(22)19-13(8)21)11-16-9-3-1-2-4-10(9)17-11/h1-5H,(H,16,17)(H3,18,19,20,21,22)/b7-5+. The number of H-pyrrole nitrogens is 3. The summed E-state index contributed by atoms with van der Waals surface area (Å²) in [6.45, 7) is 0. The summed E-state index contributed by atoms with van der Waals surface area (Å²) in [7, 11) is 0. The Morgan fingerprint density at radius 2 is 2.09 bits per heavy atom. The Labute approximate surface area is 128 Å². The number of aromatic amines is 3. The van der Waals surface area contributed by atoms with Crippen LogP contribution >= 0.6 is 12.2 Å². The fourth-order valence-corrected chi connectivity index (χ4v) is 2.19. The summed E-state index contributed by atoms with van der Waals surface area (Å²) < 4.78 is 0.00175. The average Bonchev–Trinajstić information content (AvgIpc) is 2.90. The second-order valence-corrected chi connectivity index (χ2v) is 4.85. The largest absolute Gasteiger partial charge is 0.494 e. The van der Waals surface area contributed by atoms with Gasteiger partial charge in [-0.25, -0.2) is 4.98 Å². The van der Waals surface area contributed by atoms with Crippen LogP contribution in [-0.2, 0) is 0 Å². The number of fused-ring (bicyclic) bond motifs is 1. The number of benzene rings is 1. The molecule has 3 rings (SSSR count). The van der Waals surface area contributed by atoms with E-state index in [1.54, 1.807) is 6.07 Å². The highest BCUT2D eigenvalue weighted by Gasteiger charge is 2.11. The Bertz CT molecular complexity index is 1020. The van der Waals surface area contributed by atoms with Gasteiger partial charge in [-0.2, -0.15) is 5.26 Å². The number of imidazole rings is 1. The van der Waals surface area contributed by atoms with E-state index in [9.17, 15) is 15.2 Å². The minimum atomic E-state index is -0.592. The van der Waals surface area contributed by atoms with Gasteiger partial charge in [0.15, 0.2) is 4.77 Å². The Morgan fingerprint density at radius 1 is 1.32 bits per heavy atom. The average molecular weight is 311 g/mol. The fourth-order valence-electron chi connectivity index (χ4n) is 2.00. The van der Waals surface area contributed by atoms with Crippen molar-refractivity contribution in [1.82, 2.24) is 19.9 Å². The lowest BCUT2D eigenvalue weighted by Gasteiger charge is -1.98. The van der Waals surface area contributed by atoms with Gasteiger partial charge >= 0.3 is 0 Å². The van der Waals surface area contributed by atoms with Gasteiger partial charge in [0.05, 0.1) is 16.6 Å². The smallest absolute Gasteiger partial charge is 0.262 e. The van der Waals surface area contributed by atoms with Gasteiger partial charge in [0.2, 0.25) is 5.88 Å². The Morgan fingerprint density at radius 3 is 2.77 bits per heavy atom. The Hall–Kier alpha value is -3.18. The molecule has 0 fully saturated rings. The van der Waals surface area contributed by atoms with E-state index in [-0.39, 0.29) is 15.9 Å². The van der Waals surface area contributed by atoms with Crippen LogP contribution in [0.3, 0.4) is 0 Å². The van der Waals surface area contributed by atoms with E-state index in [1.807, 2.05) is 24.3 Å².